The highest BCUT2D eigenvalue weighted by atomic mass is 79.9. The lowest BCUT2D eigenvalue weighted by Gasteiger charge is -2.19. The van der Waals surface area contributed by atoms with E-state index in [1.807, 2.05) is 20.8 Å². The molecule has 1 atom stereocenters. The van der Waals surface area contributed by atoms with E-state index in [-0.39, 0.29) is 23.9 Å². The molecule has 100 valence electrons. The summed E-state index contributed by atoms with van der Waals surface area (Å²) in [5.74, 6) is -0.345. The lowest BCUT2D eigenvalue weighted by Crippen LogP contribution is -2.31. The van der Waals surface area contributed by atoms with E-state index >= 15 is 0 Å². The number of ketones is 1. The average molecular weight is 317 g/mol. The minimum absolute atomic E-state index is 0.0636. The molecule has 0 radical (unpaired) electrons. The summed E-state index contributed by atoms with van der Waals surface area (Å²) in [6, 6.07) is 4.61. The Morgan fingerprint density at radius 2 is 2.11 bits per heavy atom. The van der Waals surface area contributed by atoms with Crippen molar-refractivity contribution >= 4 is 21.7 Å². The summed E-state index contributed by atoms with van der Waals surface area (Å²) in [7, 11) is 0. The molecule has 2 nitrogen and oxygen atoms in total. The molecule has 0 spiro atoms. The molecule has 0 aliphatic rings. The lowest BCUT2D eigenvalue weighted by atomic mass is 9.97. The first-order chi connectivity index (χ1) is 8.45. The lowest BCUT2D eigenvalue weighted by molar-refractivity contribution is -0.132. The normalized spacial score (nSPS) is 12.8. The number of carbonyl (C=O) groups excluding carboxylic acids is 1. The Hall–Kier alpha value is -0.740. The van der Waals surface area contributed by atoms with Gasteiger partial charge >= 0.3 is 0 Å². The molecule has 0 N–H and O–H groups in total. The Labute approximate surface area is 116 Å². The van der Waals surface area contributed by atoms with Crippen LogP contribution in [0.15, 0.2) is 22.7 Å². The number of halogens is 2. The van der Waals surface area contributed by atoms with Gasteiger partial charge in [-0.1, -0.05) is 29.8 Å². The molecule has 1 aromatic rings. The minimum atomic E-state index is -0.464. The van der Waals surface area contributed by atoms with Gasteiger partial charge in [0.25, 0.3) is 0 Å². The summed E-state index contributed by atoms with van der Waals surface area (Å²) in [5, 5.41) is 0. The van der Waals surface area contributed by atoms with Gasteiger partial charge in [-0.2, -0.15) is 0 Å². The van der Waals surface area contributed by atoms with Crippen LogP contribution in [0.4, 0.5) is 4.39 Å². The Kier molecular flexibility index (Phi) is 5.96. The smallest absolute Gasteiger partial charge is 0.166 e. The average Bonchev–Trinajstić information content (AvgIpc) is 2.30. The van der Waals surface area contributed by atoms with E-state index in [0.717, 1.165) is 4.47 Å². The van der Waals surface area contributed by atoms with Gasteiger partial charge in [-0.3, -0.25) is 4.79 Å². The quantitative estimate of drug-likeness (QED) is 0.798. The number of carbonyl (C=O) groups is 1. The van der Waals surface area contributed by atoms with Crippen molar-refractivity contribution < 1.29 is 13.9 Å². The van der Waals surface area contributed by atoms with Crippen molar-refractivity contribution in [3.63, 3.8) is 0 Å². The van der Waals surface area contributed by atoms with Crippen LogP contribution in [0.5, 0.6) is 0 Å². The fourth-order valence-electron chi connectivity index (χ4n) is 1.80. The van der Waals surface area contributed by atoms with Crippen LogP contribution in [0.25, 0.3) is 0 Å². The molecule has 0 aromatic heterocycles. The number of hydrogen-bond acceptors (Lipinski definition) is 2. The first kappa shape index (κ1) is 15.3. The van der Waals surface area contributed by atoms with Crippen molar-refractivity contribution in [1.82, 2.24) is 0 Å². The van der Waals surface area contributed by atoms with E-state index in [0.29, 0.717) is 12.2 Å². The predicted octanol–water partition coefficient (Wildman–Crippen LogP) is 3.76. The van der Waals surface area contributed by atoms with Gasteiger partial charge < -0.3 is 4.74 Å². The van der Waals surface area contributed by atoms with Crippen LogP contribution in [0, 0.1) is 11.7 Å². The molecule has 4 heteroatoms. The van der Waals surface area contributed by atoms with E-state index in [2.05, 4.69) is 15.9 Å². The second-order valence-electron chi connectivity index (χ2n) is 4.50. The number of rotatable bonds is 6. The van der Waals surface area contributed by atoms with Crippen molar-refractivity contribution in [2.24, 2.45) is 5.92 Å². The van der Waals surface area contributed by atoms with E-state index in [1.165, 1.54) is 6.07 Å². The monoisotopic (exact) mass is 316 g/mol. The van der Waals surface area contributed by atoms with Crippen molar-refractivity contribution in [3.8, 4) is 0 Å². The largest absolute Gasteiger partial charge is 0.370 e. The highest BCUT2D eigenvalue weighted by Gasteiger charge is 2.23. The van der Waals surface area contributed by atoms with Crippen LogP contribution >= 0.6 is 15.9 Å². The van der Waals surface area contributed by atoms with E-state index in [1.54, 1.807) is 12.1 Å². The van der Waals surface area contributed by atoms with Crippen LogP contribution in [0.3, 0.4) is 0 Å². The van der Waals surface area contributed by atoms with Gasteiger partial charge in [-0.15, -0.1) is 0 Å². The molecule has 1 aromatic carbocycles. The number of benzene rings is 1. The molecular weight excluding hydrogens is 299 g/mol. The Morgan fingerprint density at radius 1 is 1.44 bits per heavy atom. The van der Waals surface area contributed by atoms with Crippen molar-refractivity contribution in [1.29, 1.82) is 0 Å². The molecular formula is C14H18BrFO2. The van der Waals surface area contributed by atoms with Gasteiger partial charge in [0, 0.05) is 17.5 Å². The zero-order chi connectivity index (χ0) is 13.7. The molecule has 1 unspecified atom stereocenters. The summed E-state index contributed by atoms with van der Waals surface area (Å²) in [4.78, 5) is 12.1. The summed E-state index contributed by atoms with van der Waals surface area (Å²) in [5.41, 5.74) is 0.403. The summed E-state index contributed by atoms with van der Waals surface area (Å²) in [6.07, 6.45) is -0.401. The van der Waals surface area contributed by atoms with E-state index in [9.17, 15) is 9.18 Å². The van der Waals surface area contributed by atoms with Crippen LogP contribution in [0.1, 0.15) is 26.3 Å². The highest BCUT2D eigenvalue weighted by molar-refractivity contribution is 9.10. The SMILES string of the molecule is CCOC(C(=O)Cc1cc(Br)ccc1F)C(C)C. The zero-order valence-corrected chi connectivity index (χ0v) is 12.5. The highest BCUT2D eigenvalue weighted by Crippen LogP contribution is 2.18. The third-order valence-corrected chi connectivity index (χ3v) is 3.13. The van der Waals surface area contributed by atoms with E-state index in [4.69, 9.17) is 4.74 Å². The van der Waals surface area contributed by atoms with Crippen LogP contribution < -0.4 is 0 Å². The van der Waals surface area contributed by atoms with Gasteiger partial charge in [0.05, 0.1) is 0 Å². The minimum Gasteiger partial charge on any atom is -0.370 e. The molecule has 0 bridgehead atoms. The molecule has 1 rings (SSSR count). The Balaban J connectivity index is 2.82. The number of Topliss-reactive ketones (excluding diaryl/α,β-unsaturated/α-hetero) is 1. The summed E-state index contributed by atoms with van der Waals surface area (Å²) in [6.45, 7) is 6.18. The maximum Gasteiger partial charge on any atom is 0.166 e. The zero-order valence-electron chi connectivity index (χ0n) is 10.9. The summed E-state index contributed by atoms with van der Waals surface area (Å²) < 4.78 is 19.8. The molecule has 0 amide bonds. The molecule has 0 heterocycles. The molecule has 0 aliphatic heterocycles. The van der Waals surface area contributed by atoms with Gasteiger partial charge in [0.1, 0.15) is 11.9 Å². The van der Waals surface area contributed by atoms with Gasteiger partial charge in [-0.25, -0.2) is 4.39 Å². The second kappa shape index (κ2) is 7.00. The topological polar surface area (TPSA) is 26.3 Å². The molecule has 0 fully saturated rings. The van der Waals surface area contributed by atoms with Crippen molar-refractivity contribution in [3.05, 3.63) is 34.1 Å². The molecule has 0 aliphatic carbocycles. The predicted molar refractivity (Wildman–Crippen MR) is 73.1 cm³/mol. The first-order valence-electron chi connectivity index (χ1n) is 6.04. The van der Waals surface area contributed by atoms with E-state index < -0.39 is 6.10 Å². The fourth-order valence-corrected chi connectivity index (χ4v) is 2.21. The van der Waals surface area contributed by atoms with Crippen LogP contribution in [0.2, 0.25) is 0 Å². The molecule has 18 heavy (non-hydrogen) atoms. The Morgan fingerprint density at radius 3 is 2.67 bits per heavy atom. The van der Waals surface area contributed by atoms with Crippen molar-refractivity contribution in [2.75, 3.05) is 6.61 Å². The fraction of sp³-hybridized carbons (Fsp3) is 0.500. The summed E-state index contributed by atoms with van der Waals surface area (Å²) >= 11 is 3.27. The Bertz CT molecular complexity index is 418. The third-order valence-electron chi connectivity index (χ3n) is 2.64. The van der Waals surface area contributed by atoms with Gasteiger partial charge in [0.2, 0.25) is 0 Å². The molecule has 0 saturated heterocycles. The maximum atomic E-state index is 13.6. The van der Waals surface area contributed by atoms with Gasteiger partial charge in [-0.05, 0) is 36.6 Å². The van der Waals surface area contributed by atoms with Crippen LogP contribution in [-0.2, 0) is 16.0 Å². The number of hydrogen-bond donors (Lipinski definition) is 0. The standard InChI is InChI=1S/C14H18BrFO2/c1-4-18-14(9(2)3)13(17)8-10-7-11(15)5-6-12(10)16/h5-7,9,14H,4,8H2,1-3H3. The molecule has 0 saturated carbocycles. The van der Waals surface area contributed by atoms with Crippen LogP contribution in [-0.4, -0.2) is 18.5 Å². The third kappa shape index (κ3) is 4.18. The second-order valence-corrected chi connectivity index (χ2v) is 5.41. The number of ether oxygens (including phenoxy) is 1. The first-order valence-corrected chi connectivity index (χ1v) is 6.83. The van der Waals surface area contributed by atoms with Gasteiger partial charge in [0.15, 0.2) is 5.78 Å². The van der Waals surface area contributed by atoms with Crippen molar-refractivity contribution in [2.45, 2.75) is 33.3 Å². The maximum absolute atomic E-state index is 13.6.